The molecular formula is C10H23O4P. The lowest BCUT2D eigenvalue weighted by Crippen LogP contribution is -2.22. The molecule has 0 radical (unpaired) electrons. The Hall–Kier alpha value is 0.110. The molecule has 2 atom stereocenters. The zero-order valence-corrected chi connectivity index (χ0v) is 10.7. The van der Waals surface area contributed by atoms with E-state index in [1.807, 2.05) is 13.8 Å². The lowest BCUT2D eigenvalue weighted by molar-refractivity contribution is 0.0783. The van der Waals surface area contributed by atoms with E-state index in [0.717, 1.165) is 25.7 Å². The normalized spacial score (nSPS) is 16.3. The van der Waals surface area contributed by atoms with E-state index in [4.69, 9.17) is 14.3 Å². The molecular weight excluding hydrogens is 215 g/mol. The number of unbranched alkanes of at least 4 members (excludes halogenated alkanes) is 1. The van der Waals surface area contributed by atoms with Crippen molar-refractivity contribution in [3.63, 3.8) is 0 Å². The quantitative estimate of drug-likeness (QED) is 0.638. The molecule has 0 spiro atoms. The van der Waals surface area contributed by atoms with Crippen molar-refractivity contribution >= 4 is 7.82 Å². The number of phosphoric ester groups is 1. The third-order valence-electron chi connectivity index (χ3n) is 2.65. The fraction of sp³-hybridized carbons (Fsp3) is 1.00. The van der Waals surface area contributed by atoms with E-state index in [2.05, 4.69) is 6.92 Å². The molecule has 0 fully saturated rings. The average Bonchev–Trinajstić information content (AvgIpc) is 2.15. The zero-order valence-electron chi connectivity index (χ0n) is 9.85. The van der Waals surface area contributed by atoms with Crippen LogP contribution in [-0.2, 0) is 9.09 Å². The first-order chi connectivity index (χ1) is 6.94. The molecule has 0 aliphatic carbocycles. The van der Waals surface area contributed by atoms with Crippen molar-refractivity contribution in [3.8, 4) is 0 Å². The van der Waals surface area contributed by atoms with Crippen LogP contribution in [0.3, 0.4) is 0 Å². The summed E-state index contributed by atoms with van der Waals surface area (Å²) in [6.07, 6.45) is 4.39. The zero-order chi connectivity index (χ0) is 11.9. The van der Waals surface area contributed by atoms with Crippen LogP contribution in [0.5, 0.6) is 0 Å². The molecule has 0 amide bonds. The molecule has 0 bridgehead atoms. The third-order valence-corrected chi connectivity index (χ3v) is 3.20. The van der Waals surface area contributed by atoms with Gasteiger partial charge in [0.25, 0.3) is 0 Å². The number of hydrogen-bond acceptors (Lipinski definition) is 2. The number of hydrogen-bond donors (Lipinski definition) is 2. The lowest BCUT2D eigenvalue weighted by atomic mass is 9.92. The minimum Gasteiger partial charge on any atom is -0.303 e. The summed E-state index contributed by atoms with van der Waals surface area (Å²) in [5.74, 6) is 0.252. The summed E-state index contributed by atoms with van der Waals surface area (Å²) in [5.41, 5.74) is 0. The highest BCUT2D eigenvalue weighted by Gasteiger charge is 2.26. The molecule has 0 aliphatic rings. The van der Waals surface area contributed by atoms with E-state index in [-0.39, 0.29) is 12.0 Å². The maximum Gasteiger partial charge on any atom is 0.469 e. The molecule has 0 aliphatic heterocycles. The Morgan fingerprint density at radius 3 is 2.13 bits per heavy atom. The number of phosphoric acid groups is 1. The summed E-state index contributed by atoms with van der Waals surface area (Å²) in [4.78, 5) is 17.6. The van der Waals surface area contributed by atoms with Gasteiger partial charge in [0, 0.05) is 0 Å². The van der Waals surface area contributed by atoms with Crippen LogP contribution in [0, 0.1) is 5.92 Å². The van der Waals surface area contributed by atoms with Gasteiger partial charge < -0.3 is 9.79 Å². The summed E-state index contributed by atoms with van der Waals surface area (Å²) in [6, 6.07) is 0. The molecule has 0 heterocycles. The van der Waals surface area contributed by atoms with E-state index in [0.29, 0.717) is 6.42 Å². The van der Waals surface area contributed by atoms with Crippen LogP contribution in [0.1, 0.15) is 52.9 Å². The second-order valence-corrected chi connectivity index (χ2v) is 5.05. The standard InChI is InChI=1S/C10H23O4P/c1-4-7-8-9(5-2)10(6-3)14-15(11,12)13/h9-10H,4-8H2,1-3H3,(H2,11,12,13). The van der Waals surface area contributed by atoms with Crippen molar-refractivity contribution in [1.29, 1.82) is 0 Å². The van der Waals surface area contributed by atoms with Gasteiger partial charge in [0.15, 0.2) is 0 Å². The summed E-state index contributed by atoms with van der Waals surface area (Å²) in [7, 11) is -4.34. The van der Waals surface area contributed by atoms with Gasteiger partial charge in [-0.05, 0) is 18.8 Å². The van der Waals surface area contributed by atoms with Gasteiger partial charge in [-0.2, -0.15) is 0 Å². The maximum absolute atomic E-state index is 10.8. The van der Waals surface area contributed by atoms with E-state index in [1.165, 1.54) is 0 Å². The van der Waals surface area contributed by atoms with Gasteiger partial charge in [-0.25, -0.2) is 4.57 Å². The van der Waals surface area contributed by atoms with Crippen molar-refractivity contribution in [3.05, 3.63) is 0 Å². The largest absolute Gasteiger partial charge is 0.469 e. The summed E-state index contributed by atoms with van der Waals surface area (Å²) >= 11 is 0. The molecule has 0 rings (SSSR count). The molecule has 2 N–H and O–H groups in total. The van der Waals surface area contributed by atoms with Gasteiger partial charge in [0.2, 0.25) is 0 Å². The highest BCUT2D eigenvalue weighted by atomic mass is 31.2. The monoisotopic (exact) mass is 238 g/mol. The predicted molar refractivity (Wildman–Crippen MR) is 60.5 cm³/mol. The van der Waals surface area contributed by atoms with E-state index in [1.54, 1.807) is 0 Å². The lowest BCUT2D eigenvalue weighted by Gasteiger charge is -2.25. The van der Waals surface area contributed by atoms with Crippen molar-refractivity contribution < 1.29 is 18.9 Å². The fourth-order valence-electron chi connectivity index (χ4n) is 1.79. The summed E-state index contributed by atoms with van der Waals surface area (Å²) in [6.45, 7) is 6.04. The van der Waals surface area contributed by atoms with E-state index in [9.17, 15) is 4.57 Å². The van der Waals surface area contributed by atoms with Gasteiger partial charge in [-0.1, -0.05) is 40.0 Å². The van der Waals surface area contributed by atoms with Gasteiger partial charge in [0.1, 0.15) is 0 Å². The maximum atomic E-state index is 10.8. The summed E-state index contributed by atoms with van der Waals surface area (Å²) in [5, 5.41) is 0. The number of rotatable bonds is 8. The Labute approximate surface area is 92.3 Å². The van der Waals surface area contributed by atoms with Crippen LogP contribution in [-0.4, -0.2) is 15.9 Å². The molecule has 0 aromatic rings. The van der Waals surface area contributed by atoms with Crippen LogP contribution >= 0.6 is 7.82 Å². The van der Waals surface area contributed by atoms with Crippen molar-refractivity contribution in [1.82, 2.24) is 0 Å². The SMILES string of the molecule is CCCCC(CC)C(CC)OP(=O)(O)O. The smallest absolute Gasteiger partial charge is 0.303 e. The predicted octanol–water partition coefficient (Wildman–Crippen LogP) is 3.09. The van der Waals surface area contributed by atoms with Crippen molar-refractivity contribution in [2.24, 2.45) is 5.92 Å². The van der Waals surface area contributed by atoms with Crippen LogP contribution in [0.15, 0.2) is 0 Å². The van der Waals surface area contributed by atoms with Crippen molar-refractivity contribution in [2.75, 3.05) is 0 Å². The first-order valence-corrected chi connectivity index (χ1v) is 7.21. The molecule has 2 unspecified atom stereocenters. The second-order valence-electron chi connectivity index (χ2n) is 3.85. The first-order valence-electron chi connectivity index (χ1n) is 5.68. The average molecular weight is 238 g/mol. The second kappa shape index (κ2) is 7.39. The Balaban J connectivity index is 4.27. The van der Waals surface area contributed by atoms with Crippen LogP contribution in [0.25, 0.3) is 0 Å². The minimum atomic E-state index is -4.34. The van der Waals surface area contributed by atoms with Gasteiger partial charge in [-0.3, -0.25) is 4.52 Å². The minimum absolute atomic E-state index is 0.252. The molecule has 4 nitrogen and oxygen atoms in total. The fourth-order valence-corrected chi connectivity index (χ4v) is 2.46. The Morgan fingerprint density at radius 2 is 1.80 bits per heavy atom. The molecule has 5 heteroatoms. The third kappa shape index (κ3) is 7.07. The van der Waals surface area contributed by atoms with Gasteiger partial charge in [-0.15, -0.1) is 0 Å². The molecule has 0 aromatic heterocycles. The molecule has 15 heavy (non-hydrogen) atoms. The topological polar surface area (TPSA) is 66.8 Å². The van der Waals surface area contributed by atoms with Crippen molar-refractivity contribution in [2.45, 2.75) is 59.0 Å². The highest BCUT2D eigenvalue weighted by molar-refractivity contribution is 7.46. The van der Waals surface area contributed by atoms with Crippen LogP contribution in [0.2, 0.25) is 0 Å². The Bertz CT molecular complexity index is 202. The van der Waals surface area contributed by atoms with Gasteiger partial charge >= 0.3 is 7.82 Å². The van der Waals surface area contributed by atoms with Crippen LogP contribution < -0.4 is 0 Å². The first kappa shape index (κ1) is 15.1. The Morgan fingerprint density at radius 1 is 1.20 bits per heavy atom. The highest BCUT2D eigenvalue weighted by Crippen LogP contribution is 2.41. The van der Waals surface area contributed by atoms with E-state index < -0.39 is 7.82 Å². The molecule has 92 valence electrons. The molecule has 0 saturated heterocycles. The molecule has 0 saturated carbocycles. The summed E-state index contributed by atoms with van der Waals surface area (Å²) < 4.78 is 15.6. The van der Waals surface area contributed by atoms with E-state index >= 15 is 0 Å². The van der Waals surface area contributed by atoms with Crippen LogP contribution in [0.4, 0.5) is 0 Å². The molecule has 0 aromatic carbocycles. The van der Waals surface area contributed by atoms with Gasteiger partial charge in [0.05, 0.1) is 6.10 Å². The Kier molecular flexibility index (Phi) is 7.45.